The van der Waals surface area contributed by atoms with Gasteiger partial charge < -0.3 is 33.3 Å². The van der Waals surface area contributed by atoms with Gasteiger partial charge in [0.2, 0.25) is 5.91 Å². The Morgan fingerprint density at radius 1 is 0.383 bits per heavy atom. The third kappa shape index (κ3) is 51.6. The number of nitrogens with zero attached hydrogens (tertiary/aromatic N) is 1. The molecule has 2 aliphatic rings. The molecule has 1 amide bonds. The van der Waals surface area contributed by atoms with Gasteiger partial charge in [-0.25, -0.2) is 4.79 Å². The zero-order valence-corrected chi connectivity index (χ0v) is 69.6. The van der Waals surface area contributed by atoms with Gasteiger partial charge in [0.25, 0.3) is 0 Å². The first-order chi connectivity index (χ1) is 52.4. The molecule has 0 radical (unpaired) electrons. The number of benzene rings is 1. The molecule has 1 aromatic carbocycles. The molecule has 1 aromatic rings. The highest BCUT2D eigenvalue weighted by Crippen LogP contribution is 2.41. The maximum absolute atomic E-state index is 15.3. The zero-order valence-electron chi connectivity index (χ0n) is 69.6. The first-order valence-corrected chi connectivity index (χ1v) is 45.6. The van der Waals surface area contributed by atoms with Gasteiger partial charge in [-0.05, 0) is 76.2 Å². The van der Waals surface area contributed by atoms with E-state index in [1.165, 1.54) is 231 Å². The SMILES string of the molecule is CCCCCCCCCCCCCCCC(=O)OCC(COC(=O)CCCCCCCCCCCCCCC)OC(=O)[C@H](CCc1ccccc1)NC(C)C(=O)N1[C@H](C(=O)OC(COC(=O)CCCCCCCCCCCCCCC)COC(=O)CCCCCCCCCCCCCCC)C[C@@H]2CCCC[C@@H]21. The van der Waals surface area contributed by atoms with Crippen LogP contribution in [-0.2, 0) is 68.4 Å². The monoisotopic (exact) mass is 1500 g/mol. The lowest BCUT2D eigenvalue weighted by molar-refractivity contribution is -0.172. The largest absolute Gasteiger partial charge is 0.462 e. The van der Waals surface area contributed by atoms with Gasteiger partial charge in [0, 0.05) is 31.7 Å². The number of hydrogen-bond acceptors (Lipinski definition) is 14. The molecule has 1 N–H and O–H groups in total. The minimum absolute atomic E-state index is 0.0336. The van der Waals surface area contributed by atoms with Crippen molar-refractivity contribution >= 4 is 41.7 Å². The van der Waals surface area contributed by atoms with Crippen molar-refractivity contribution in [3.05, 3.63) is 35.9 Å². The number of hydrogen-bond donors (Lipinski definition) is 1. The molecule has 5 atom stereocenters. The molecular weight excluding hydrogens is 1340 g/mol. The molecule has 1 saturated heterocycles. The van der Waals surface area contributed by atoms with E-state index in [0.717, 1.165) is 102 Å². The fourth-order valence-corrected chi connectivity index (χ4v) is 15.7. The Morgan fingerprint density at radius 3 is 0.991 bits per heavy atom. The summed E-state index contributed by atoms with van der Waals surface area (Å²) in [4.78, 5) is 99.9. The summed E-state index contributed by atoms with van der Waals surface area (Å²) in [5.41, 5.74) is 0.976. The Balaban J connectivity index is 1.73. The first kappa shape index (κ1) is 96.7. The van der Waals surface area contributed by atoms with E-state index in [4.69, 9.17) is 28.4 Å². The quantitative estimate of drug-likeness (QED) is 0.0368. The molecule has 1 aliphatic heterocycles. The molecule has 1 unspecified atom stereocenters. The molecule has 0 bridgehead atoms. The Kier molecular flexibility index (Phi) is 61.7. The molecule has 2 fully saturated rings. The Labute approximate surface area is 654 Å². The van der Waals surface area contributed by atoms with Crippen molar-refractivity contribution in [2.45, 2.75) is 476 Å². The molecule has 3 rings (SSSR count). The van der Waals surface area contributed by atoms with Gasteiger partial charge in [-0.3, -0.25) is 34.1 Å². The molecule has 1 heterocycles. The number of amides is 1. The zero-order chi connectivity index (χ0) is 77.1. The second-order valence-corrected chi connectivity index (χ2v) is 32.4. The lowest BCUT2D eigenvalue weighted by Crippen LogP contribution is -2.56. The van der Waals surface area contributed by atoms with Crippen LogP contribution < -0.4 is 5.32 Å². The molecule has 0 spiro atoms. The van der Waals surface area contributed by atoms with Crippen LogP contribution in [0.1, 0.15) is 438 Å². The lowest BCUT2D eigenvalue weighted by atomic mass is 9.84. The second kappa shape index (κ2) is 68.3. The molecule has 0 aromatic heterocycles. The second-order valence-electron chi connectivity index (χ2n) is 32.4. The van der Waals surface area contributed by atoms with E-state index in [0.29, 0.717) is 44.9 Å². The highest BCUT2D eigenvalue weighted by molar-refractivity contribution is 5.89. The van der Waals surface area contributed by atoms with E-state index in [2.05, 4.69) is 33.0 Å². The Morgan fingerprint density at radius 2 is 0.673 bits per heavy atom. The van der Waals surface area contributed by atoms with Crippen LogP contribution in [0.5, 0.6) is 0 Å². The van der Waals surface area contributed by atoms with E-state index in [1.807, 2.05) is 30.3 Å². The van der Waals surface area contributed by atoms with E-state index in [9.17, 15) is 28.8 Å². The van der Waals surface area contributed by atoms with Crippen LogP contribution in [0.4, 0.5) is 0 Å². The number of esters is 6. The minimum atomic E-state index is -1.11. The van der Waals surface area contributed by atoms with Crippen LogP contribution >= 0.6 is 0 Å². The van der Waals surface area contributed by atoms with E-state index in [1.54, 1.807) is 11.8 Å². The normalized spacial score (nSPS) is 15.5. The van der Waals surface area contributed by atoms with Crippen molar-refractivity contribution in [3.8, 4) is 0 Å². The number of nitrogens with one attached hydrogen (secondary N) is 1. The third-order valence-electron chi connectivity index (χ3n) is 22.5. The smallest absolute Gasteiger partial charge is 0.329 e. The molecule has 15 heteroatoms. The van der Waals surface area contributed by atoms with Crippen molar-refractivity contribution < 1.29 is 62.0 Å². The lowest BCUT2D eigenvalue weighted by Gasteiger charge is -2.36. The number of fused-ring (bicyclic) bond motifs is 1. The van der Waals surface area contributed by atoms with Gasteiger partial charge in [-0.1, -0.05) is 379 Å². The summed E-state index contributed by atoms with van der Waals surface area (Å²) in [6, 6.07) is 6.50. The van der Waals surface area contributed by atoms with Crippen LogP contribution in [0.2, 0.25) is 0 Å². The molecule has 1 saturated carbocycles. The molecular formula is C92H162N2O13. The van der Waals surface area contributed by atoms with Crippen molar-refractivity contribution in [3.63, 3.8) is 0 Å². The molecule has 15 nitrogen and oxygen atoms in total. The van der Waals surface area contributed by atoms with Gasteiger partial charge in [-0.15, -0.1) is 0 Å². The number of ether oxygens (including phenoxy) is 6. The third-order valence-corrected chi connectivity index (χ3v) is 22.5. The summed E-state index contributed by atoms with van der Waals surface area (Å²) >= 11 is 0. The summed E-state index contributed by atoms with van der Waals surface area (Å²) in [7, 11) is 0. The summed E-state index contributed by atoms with van der Waals surface area (Å²) < 4.78 is 35.7. The van der Waals surface area contributed by atoms with Gasteiger partial charge in [0.15, 0.2) is 12.2 Å². The fourth-order valence-electron chi connectivity index (χ4n) is 15.7. The molecule has 107 heavy (non-hydrogen) atoms. The van der Waals surface area contributed by atoms with Crippen molar-refractivity contribution in [1.29, 1.82) is 0 Å². The van der Waals surface area contributed by atoms with Crippen LogP contribution in [0, 0.1) is 5.92 Å². The van der Waals surface area contributed by atoms with E-state index >= 15 is 4.79 Å². The van der Waals surface area contributed by atoms with E-state index < -0.39 is 66.1 Å². The van der Waals surface area contributed by atoms with Crippen LogP contribution in [-0.4, -0.2) is 109 Å². The number of unbranched alkanes of at least 4 members (excludes halogenated alkanes) is 48. The summed E-state index contributed by atoms with van der Waals surface area (Å²) in [5.74, 6) is -3.28. The first-order valence-electron chi connectivity index (χ1n) is 45.6. The van der Waals surface area contributed by atoms with Crippen molar-refractivity contribution in [2.75, 3.05) is 26.4 Å². The molecule has 618 valence electrons. The Hall–Kier alpha value is -4.53. The summed E-state index contributed by atoms with van der Waals surface area (Å²) in [6.45, 7) is 9.54. The number of rotatable bonds is 74. The van der Waals surface area contributed by atoms with Gasteiger partial charge in [0.05, 0.1) is 6.04 Å². The highest BCUT2D eigenvalue weighted by atomic mass is 16.6. The predicted molar refractivity (Wildman–Crippen MR) is 437 cm³/mol. The van der Waals surface area contributed by atoms with Crippen molar-refractivity contribution in [1.82, 2.24) is 10.2 Å². The van der Waals surface area contributed by atoms with Crippen LogP contribution in [0.15, 0.2) is 30.3 Å². The highest BCUT2D eigenvalue weighted by Gasteiger charge is 2.50. The number of carbonyl (C=O) groups excluding carboxylic acids is 7. The standard InChI is InChI=1S/C92H162N2O13/c1-6-10-14-18-22-26-30-34-38-42-46-50-57-67-86(95)102-74-81(75-103-87(96)68-58-51-47-43-39-35-31-27-23-19-15-11-7-2)106-91(100)83(72-71-79-63-55-54-56-64-79)93-78(5)90(99)94-84-66-62-61-65-80(84)73-85(94)92(101)107-82(76-104-88(97)69-59-52-48-44-40-36-32-28-24-20-16-12-8-3)77-105-89(98)70-60-53-49-45-41-37-33-29-25-21-17-13-9-4/h54-56,63-64,78,80-85,93H,6-53,57-62,65-77H2,1-5H3/t78?,80-,83-,84-,85-/m0/s1. The average Bonchev–Trinajstić information content (AvgIpc) is 1.63. The van der Waals surface area contributed by atoms with Gasteiger partial charge >= 0.3 is 35.8 Å². The minimum Gasteiger partial charge on any atom is -0.462 e. The van der Waals surface area contributed by atoms with Gasteiger partial charge in [-0.2, -0.15) is 0 Å². The summed E-state index contributed by atoms with van der Waals surface area (Å²) in [5, 5.41) is 3.34. The number of likely N-dealkylation sites (tertiary alicyclic amines) is 1. The van der Waals surface area contributed by atoms with Crippen LogP contribution in [0.3, 0.4) is 0 Å². The van der Waals surface area contributed by atoms with Crippen LogP contribution in [0.25, 0.3) is 0 Å². The van der Waals surface area contributed by atoms with Gasteiger partial charge in [0.1, 0.15) is 38.5 Å². The fraction of sp³-hybridized carbons (Fsp3) is 0.859. The maximum Gasteiger partial charge on any atom is 0.329 e. The number of carbonyl (C=O) groups is 7. The Bertz CT molecular complexity index is 2240. The summed E-state index contributed by atoms with van der Waals surface area (Å²) in [6.07, 6.45) is 65.0. The number of aryl methyl sites for hydroxylation is 1. The molecule has 1 aliphatic carbocycles. The van der Waals surface area contributed by atoms with E-state index in [-0.39, 0.29) is 76.4 Å². The maximum atomic E-state index is 15.3. The predicted octanol–water partition coefficient (Wildman–Crippen LogP) is 24.0. The average molecular weight is 1500 g/mol. The van der Waals surface area contributed by atoms with Crippen molar-refractivity contribution in [2.24, 2.45) is 5.92 Å². The topological polar surface area (TPSA) is 190 Å².